The van der Waals surface area contributed by atoms with Gasteiger partial charge in [-0.25, -0.2) is 0 Å². The zero-order valence-electron chi connectivity index (χ0n) is 15.3. The molecule has 0 saturated heterocycles. The fraction of sp³-hybridized carbons (Fsp3) is 0.810. The first-order valence-corrected chi connectivity index (χ1v) is 9.73. The van der Waals surface area contributed by atoms with E-state index < -0.39 is 0 Å². The van der Waals surface area contributed by atoms with Crippen molar-refractivity contribution < 1.29 is 4.42 Å². The van der Waals surface area contributed by atoms with E-state index in [1.54, 1.807) is 6.42 Å². The number of nitrogens with one attached hydrogen (secondary N) is 1. The van der Waals surface area contributed by atoms with Crippen LogP contribution in [-0.2, 0) is 5.41 Å². The highest BCUT2D eigenvalue weighted by Gasteiger charge is 2.48. The van der Waals surface area contributed by atoms with E-state index in [0.717, 1.165) is 47.7 Å². The van der Waals surface area contributed by atoms with Crippen molar-refractivity contribution in [2.45, 2.75) is 83.7 Å². The van der Waals surface area contributed by atoms with Gasteiger partial charge in [-0.3, -0.25) is 0 Å². The molecule has 2 nitrogen and oxygen atoms in total. The highest BCUT2D eigenvalue weighted by molar-refractivity contribution is 5.15. The van der Waals surface area contributed by atoms with E-state index in [1.807, 2.05) is 6.92 Å². The van der Waals surface area contributed by atoms with E-state index >= 15 is 0 Å². The van der Waals surface area contributed by atoms with Crippen LogP contribution in [0.3, 0.4) is 0 Å². The third-order valence-electron chi connectivity index (χ3n) is 6.93. The normalized spacial score (nSPS) is 37.3. The largest absolute Gasteiger partial charge is 0.466 e. The fourth-order valence-corrected chi connectivity index (χ4v) is 6.25. The maximum absolute atomic E-state index is 5.91. The molecule has 1 aromatic rings. The Morgan fingerprint density at radius 1 is 1.09 bits per heavy atom. The zero-order chi connectivity index (χ0) is 16.2. The molecule has 0 amide bonds. The van der Waals surface area contributed by atoms with Gasteiger partial charge < -0.3 is 9.73 Å². The van der Waals surface area contributed by atoms with E-state index in [4.69, 9.17) is 4.42 Å². The van der Waals surface area contributed by atoms with E-state index in [-0.39, 0.29) is 5.41 Å². The van der Waals surface area contributed by atoms with Gasteiger partial charge in [-0.05, 0) is 88.2 Å². The summed E-state index contributed by atoms with van der Waals surface area (Å²) in [5, 5.41) is 4.05. The van der Waals surface area contributed by atoms with Gasteiger partial charge in [0.2, 0.25) is 0 Å². The summed E-state index contributed by atoms with van der Waals surface area (Å²) in [6, 6.07) is 5.59. The average Bonchev–Trinajstić information content (AvgIpc) is 2.89. The number of aryl methyl sites for hydroxylation is 1. The third kappa shape index (κ3) is 2.99. The van der Waals surface area contributed by atoms with Crippen molar-refractivity contribution in [2.75, 3.05) is 0 Å². The third-order valence-corrected chi connectivity index (χ3v) is 6.93. The van der Waals surface area contributed by atoms with Crippen molar-refractivity contribution in [3.05, 3.63) is 23.7 Å². The van der Waals surface area contributed by atoms with Gasteiger partial charge in [0.05, 0.1) is 0 Å². The molecule has 0 aromatic carbocycles. The van der Waals surface area contributed by atoms with Crippen LogP contribution in [0.15, 0.2) is 16.5 Å². The van der Waals surface area contributed by atoms with Crippen LogP contribution >= 0.6 is 0 Å². The Hall–Kier alpha value is -0.760. The lowest BCUT2D eigenvalue weighted by Gasteiger charge is -2.55. The molecule has 0 spiro atoms. The van der Waals surface area contributed by atoms with E-state index in [1.165, 1.54) is 25.7 Å². The molecule has 0 unspecified atom stereocenters. The summed E-state index contributed by atoms with van der Waals surface area (Å²) >= 11 is 0. The summed E-state index contributed by atoms with van der Waals surface area (Å²) in [6.07, 6.45) is 8.68. The minimum absolute atomic E-state index is 0.104. The predicted molar refractivity (Wildman–Crippen MR) is 94.5 cm³/mol. The lowest BCUT2D eigenvalue weighted by Crippen LogP contribution is -2.56. The Kier molecular flexibility index (Phi) is 3.87. The van der Waals surface area contributed by atoms with Crippen molar-refractivity contribution in [3.63, 3.8) is 0 Å². The molecule has 23 heavy (non-hydrogen) atoms. The van der Waals surface area contributed by atoms with Crippen LogP contribution in [-0.4, -0.2) is 12.1 Å². The minimum Gasteiger partial charge on any atom is -0.466 e. The summed E-state index contributed by atoms with van der Waals surface area (Å²) < 4.78 is 5.91. The average molecular weight is 316 g/mol. The first-order chi connectivity index (χ1) is 10.9. The molecule has 4 aliphatic carbocycles. The molecule has 1 atom stereocenters. The van der Waals surface area contributed by atoms with Crippen LogP contribution in [0.5, 0.6) is 0 Å². The van der Waals surface area contributed by atoms with Gasteiger partial charge in [0, 0.05) is 17.5 Å². The van der Waals surface area contributed by atoms with Crippen molar-refractivity contribution in [1.82, 2.24) is 5.32 Å². The van der Waals surface area contributed by atoms with Crippen LogP contribution in [0, 0.1) is 30.6 Å². The number of furan rings is 1. The lowest BCUT2D eigenvalue weighted by molar-refractivity contribution is -0.0180. The molecule has 0 radical (unpaired) electrons. The SMILES string of the molecule is Cc1ccc(C(C)(C)C[C@@H](C)NC2C3CC4CC(C3)CC2C4)o1. The Bertz CT molecular complexity index is 530. The van der Waals surface area contributed by atoms with Gasteiger partial charge in [-0.1, -0.05) is 13.8 Å². The van der Waals surface area contributed by atoms with Crippen molar-refractivity contribution in [2.24, 2.45) is 23.7 Å². The molecule has 4 saturated carbocycles. The molecule has 5 rings (SSSR count). The molecule has 1 N–H and O–H groups in total. The van der Waals surface area contributed by atoms with Crippen LogP contribution in [0.1, 0.15) is 70.8 Å². The molecule has 128 valence electrons. The molecule has 4 aliphatic rings. The molecule has 0 aliphatic heterocycles. The van der Waals surface area contributed by atoms with Crippen molar-refractivity contribution in [1.29, 1.82) is 0 Å². The van der Waals surface area contributed by atoms with Gasteiger partial charge in [-0.15, -0.1) is 0 Å². The molecule has 4 fully saturated rings. The quantitative estimate of drug-likeness (QED) is 0.821. The highest BCUT2D eigenvalue weighted by Crippen LogP contribution is 2.53. The second-order valence-electron chi connectivity index (χ2n) is 9.52. The summed E-state index contributed by atoms with van der Waals surface area (Å²) in [7, 11) is 0. The number of hydrogen-bond donors (Lipinski definition) is 1. The summed E-state index contributed by atoms with van der Waals surface area (Å²) in [5.74, 6) is 6.20. The Morgan fingerprint density at radius 2 is 1.70 bits per heavy atom. The second kappa shape index (κ2) is 5.65. The van der Waals surface area contributed by atoms with Crippen LogP contribution < -0.4 is 5.32 Å². The predicted octanol–water partition coefficient (Wildman–Crippen LogP) is 5.06. The smallest absolute Gasteiger partial charge is 0.109 e. The fourth-order valence-electron chi connectivity index (χ4n) is 6.25. The molecule has 1 aromatic heterocycles. The van der Waals surface area contributed by atoms with Crippen molar-refractivity contribution >= 4 is 0 Å². The van der Waals surface area contributed by atoms with Gasteiger partial charge in [0.25, 0.3) is 0 Å². The van der Waals surface area contributed by atoms with Crippen LogP contribution in [0.25, 0.3) is 0 Å². The first kappa shape index (κ1) is 15.7. The van der Waals surface area contributed by atoms with Gasteiger partial charge >= 0.3 is 0 Å². The van der Waals surface area contributed by atoms with Crippen molar-refractivity contribution in [3.8, 4) is 0 Å². The molecule has 1 heterocycles. The Labute approximate surface area is 141 Å². The minimum atomic E-state index is 0.104. The summed E-state index contributed by atoms with van der Waals surface area (Å²) in [6.45, 7) is 9.05. The molecular formula is C21H33NO. The molecular weight excluding hydrogens is 282 g/mol. The zero-order valence-corrected chi connectivity index (χ0v) is 15.3. The maximum atomic E-state index is 5.91. The van der Waals surface area contributed by atoms with Gasteiger partial charge in [0.1, 0.15) is 11.5 Å². The first-order valence-electron chi connectivity index (χ1n) is 9.73. The maximum Gasteiger partial charge on any atom is 0.109 e. The topological polar surface area (TPSA) is 25.2 Å². The van der Waals surface area contributed by atoms with Gasteiger partial charge in [-0.2, -0.15) is 0 Å². The van der Waals surface area contributed by atoms with E-state index in [2.05, 4.69) is 38.2 Å². The second-order valence-corrected chi connectivity index (χ2v) is 9.52. The van der Waals surface area contributed by atoms with Gasteiger partial charge in [0.15, 0.2) is 0 Å². The number of hydrogen-bond acceptors (Lipinski definition) is 2. The Balaban J connectivity index is 1.39. The molecule has 2 heteroatoms. The molecule has 4 bridgehead atoms. The van der Waals surface area contributed by atoms with Crippen LogP contribution in [0.4, 0.5) is 0 Å². The summed E-state index contributed by atoms with van der Waals surface area (Å²) in [5.41, 5.74) is 0.104. The summed E-state index contributed by atoms with van der Waals surface area (Å²) in [4.78, 5) is 0. The van der Waals surface area contributed by atoms with E-state index in [9.17, 15) is 0 Å². The number of rotatable bonds is 5. The monoisotopic (exact) mass is 315 g/mol. The highest BCUT2D eigenvalue weighted by atomic mass is 16.3. The van der Waals surface area contributed by atoms with E-state index in [0.29, 0.717) is 6.04 Å². The van der Waals surface area contributed by atoms with Crippen LogP contribution in [0.2, 0.25) is 0 Å². The standard InChI is InChI=1S/C21H33NO/c1-13(12-21(3,4)19-6-5-14(2)23-19)22-20-17-8-15-7-16(10-17)11-18(20)9-15/h5-6,13,15-18,20,22H,7-12H2,1-4H3/t13-,15?,16?,17?,18?,20?/m1/s1. The lowest BCUT2D eigenvalue weighted by atomic mass is 9.54. The Morgan fingerprint density at radius 3 is 2.22 bits per heavy atom.